The van der Waals surface area contributed by atoms with Crippen LogP contribution in [0.15, 0.2) is 158 Å². The molecule has 7 aromatic carbocycles. The zero-order chi connectivity index (χ0) is 71.1. The molecule has 0 aliphatic carbocycles. The summed E-state index contributed by atoms with van der Waals surface area (Å²) in [7, 11) is 1.69. The quantitative estimate of drug-likeness (QED) is 0.0515. The van der Waals surface area contributed by atoms with Gasteiger partial charge in [0.15, 0.2) is 17.3 Å². The van der Waals surface area contributed by atoms with Crippen LogP contribution in [0.5, 0.6) is 5.75 Å². The molecule has 3 saturated heterocycles. The molecular weight excluding hydrogens is 1390 g/mol. The highest BCUT2D eigenvalue weighted by Gasteiger charge is 2.24. The lowest BCUT2D eigenvalue weighted by molar-refractivity contribution is 0.0990. The first-order chi connectivity index (χ1) is 48.9. The molecule has 3 aliphatic heterocycles. The van der Waals surface area contributed by atoms with E-state index in [1.54, 1.807) is 21.0 Å². The lowest BCUT2D eigenvalue weighted by Crippen LogP contribution is -2.46. The highest BCUT2D eigenvalue weighted by atomic mass is 35.5. The second kappa shape index (κ2) is 36.3. The molecule has 3 aliphatic rings. The number of hydrogen-bond acceptors (Lipinski definition) is 10. The Kier molecular flexibility index (Phi) is 27.1. The number of para-hydroxylation sites is 3. The third-order valence-electron chi connectivity index (χ3n) is 20.1. The number of aromatic nitrogens is 3. The summed E-state index contributed by atoms with van der Waals surface area (Å²) in [6.45, 7) is 28.5. The Labute approximate surface area is 625 Å². The zero-order valence-corrected chi connectivity index (χ0v) is 63.4. The zero-order valence-electron chi connectivity index (χ0n) is 58.8. The van der Waals surface area contributed by atoms with E-state index in [2.05, 4.69) is 93.5 Å². The fourth-order valence-corrected chi connectivity index (χ4v) is 15.9. The van der Waals surface area contributed by atoms with Crippen LogP contribution in [0.1, 0.15) is 104 Å². The summed E-state index contributed by atoms with van der Waals surface area (Å²) >= 11 is 37.1. The van der Waals surface area contributed by atoms with Crippen LogP contribution >= 0.6 is 69.6 Å². The van der Waals surface area contributed by atoms with Crippen molar-refractivity contribution in [2.75, 3.05) is 105 Å². The van der Waals surface area contributed by atoms with Gasteiger partial charge in [-0.05, 0) is 142 Å². The number of methoxy groups -OCH3 is 1. The van der Waals surface area contributed by atoms with Crippen LogP contribution in [0.4, 0.5) is 0 Å². The Bertz CT molecular complexity index is 4470. The standard InChI is InChI=1S/C31H33Cl2N3O2.C26H31Cl2N3O.C25H29Cl2N3O/c1-38-30-10-5-9-26-27(29(37)19-23-7-3-2-4-8-23)22-36(31(26)30)14-6-13-34-15-17-35(18-16-34)21-24-11-12-25(32)20-28(24)33;1-3-20-6-4-7-23-24(19(2)32)18-31(26(20)23)11-5-10-29-12-14-30(15-13-29)17-21-8-9-22(27)16-25(21)28;1-18-5-3-6-22-23(19(2)31)17-30(25(18)22)10-4-9-28-11-13-29(14-12-28)16-20-7-8-21(26)15-24(20)27/h2-5,7-12,20,22H,6,13-19,21H2,1H3;4,6-9,16,18H,3,5,10-15,17H2,1-2H3;3,5-8,15,17H,4,9-14,16H2,1-2H3. The van der Waals surface area contributed by atoms with Gasteiger partial charge in [-0.2, -0.15) is 0 Å². The fraction of sp³-hybridized carbons (Fsp3) is 0.378. The molecule has 0 spiro atoms. The molecule has 0 saturated carbocycles. The summed E-state index contributed by atoms with van der Waals surface area (Å²) in [6, 6.07) is 45.6. The molecule has 10 aromatic rings. The number of halogens is 6. The molecule has 0 atom stereocenters. The van der Waals surface area contributed by atoms with Gasteiger partial charge in [-0.25, -0.2) is 0 Å². The maximum Gasteiger partial charge on any atom is 0.169 e. The molecular formula is C82H93Cl6N9O4. The molecule has 13 rings (SSSR count). The molecule has 532 valence electrons. The second-order valence-electron chi connectivity index (χ2n) is 27.0. The first kappa shape index (κ1) is 75.6. The van der Waals surface area contributed by atoms with Crippen LogP contribution in [0.3, 0.4) is 0 Å². The molecule has 101 heavy (non-hydrogen) atoms. The monoisotopic (exact) mass is 1480 g/mol. The number of carbonyl (C=O) groups excluding carboxylic acids is 3. The number of hydrogen-bond donors (Lipinski definition) is 0. The van der Waals surface area contributed by atoms with Crippen LogP contribution in [0.25, 0.3) is 32.7 Å². The van der Waals surface area contributed by atoms with Gasteiger partial charge in [0.05, 0.1) is 23.7 Å². The molecule has 19 heteroatoms. The average Bonchev–Trinajstić information content (AvgIpc) is 1.65. The molecule has 3 aromatic heterocycles. The van der Waals surface area contributed by atoms with Crippen LogP contribution in [0.2, 0.25) is 30.1 Å². The number of benzene rings is 7. The minimum Gasteiger partial charge on any atom is -0.495 e. The van der Waals surface area contributed by atoms with Crippen molar-refractivity contribution in [3.8, 4) is 5.75 Å². The second-order valence-corrected chi connectivity index (χ2v) is 29.6. The molecule has 0 unspecified atom stereocenters. The Morgan fingerprint density at radius 1 is 0.396 bits per heavy atom. The highest BCUT2D eigenvalue weighted by molar-refractivity contribution is 6.36. The number of rotatable bonds is 25. The SMILES string of the molecule is CC(=O)c1cn(CCCN2CCN(Cc3ccc(Cl)cc3Cl)CC2)c2c(C)cccc12.CCc1cccc2c(C(C)=O)cn(CCCN3CCN(Cc4ccc(Cl)cc4Cl)CC3)c12.COc1cccc2c(C(=O)Cc3ccccc3)cn(CCCN3CCN(Cc4ccc(Cl)cc4Cl)CC3)c12. The summed E-state index contributed by atoms with van der Waals surface area (Å²) in [6.07, 6.45) is 10.6. The number of ketones is 3. The minimum atomic E-state index is 0.130. The maximum atomic E-state index is 13.3. The Morgan fingerprint density at radius 2 is 0.772 bits per heavy atom. The summed E-state index contributed by atoms with van der Waals surface area (Å²) in [5.74, 6) is 1.20. The highest BCUT2D eigenvalue weighted by Crippen LogP contribution is 2.33. The molecule has 0 amide bonds. The van der Waals surface area contributed by atoms with Gasteiger partial charge in [-0.1, -0.05) is 174 Å². The van der Waals surface area contributed by atoms with Crippen LogP contribution in [-0.2, 0) is 52.1 Å². The van der Waals surface area contributed by atoms with Crippen LogP contribution < -0.4 is 4.74 Å². The van der Waals surface area contributed by atoms with Crippen molar-refractivity contribution in [3.05, 3.63) is 238 Å². The summed E-state index contributed by atoms with van der Waals surface area (Å²) in [5, 5.41) is 7.37. The molecule has 0 bridgehead atoms. The van der Waals surface area contributed by atoms with E-state index < -0.39 is 0 Å². The molecule has 0 radical (unpaired) electrons. The predicted octanol–water partition coefficient (Wildman–Crippen LogP) is 18.2. The fourth-order valence-electron chi connectivity index (χ4n) is 14.5. The van der Waals surface area contributed by atoms with E-state index in [9.17, 15) is 14.4 Å². The van der Waals surface area contributed by atoms with Crippen molar-refractivity contribution in [2.24, 2.45) is 0 Å². The van der Waals surface area contributed by atoms with E-state index in [0.29, 0.717) is 21.5 Å². The molecule has 3 fully saturated rings. The van der Waals surface area contributed by atoms with Gasteiger partial charge in [0, 0.05) is 206 Å². The van der Waals surface area contributed by atoms with E-state index in [1.165, 1.54) is 22.2 Å². The third-order valence-corrected chi connectivity index (χ3v) is 21.8. The number of piperazine rings is 3. The van der Waals surface area contributed by atoms with Crippen LogP contribution in [0, 0.1) is 6.92 Å². The topological polar surface area (TPSA) is 94.7 Å². The Hall–Kier alpha value is -6.53. The van der Waals surface area contributed by atoms with Gasteiger partial charge in [0.2, 0.25) is 0 Å². The van der Waals surface area contributed by atoms with Gasteiger partial charge < -0.3 is 33.1 Å². The van der Waals surface area contributed by atoms with Crippen molar-refractivity contribution in [2.45, 2.75) is 99.1 Å². The van der Waals surface area contributed by atoms with E-state index in [0.717, 1.165) is 245 Å². The summed E-state index contributed by atoms with van der Waals surface area (Å²) < 4.78 is 12.4. The summed E-state index contributed by atoms with van der Waals surface area (Å²) in [5.41, 5.74) is 12.8. The molecule has 6 heterocycles. The van der Waals surface area contributed by atoms with Gasteiger partial charge in [0.25, 0.3) is 0 Å². The van der Waals surface area contributed by atoms with Crippen LogP contribution in [-0.4, -0.2) is 166 Å². The van der Waals surface area contributed by atoms with Gasteiger partial charge in [0.1, 0.15) is 5.75 Å². The van der Waals surface area contributed by atoms with E-state index in [-0.39, 0.29) is 17.3 Å². The van der Waals surface area contributed by atoms with Crippen molar-refractivity contribution in [3.63, 3.8) is 0 Å². The van der Waals surface area contributed by atoms with Gasteiger partial charge in [-0.15, -0.1) is 0 Å². The Morgan fingerprint density at radius 3 is 1.19 bits per heavy atom. The van der Waals surface area contributed by atoms with Gasteiger partial charge in [-0.3, -0.25) is 29.1 Å². The average molecular weight is 1480 g/mol. The molecule has 13 nitrogen and oxygen atoms in total. The number of nitrogens with zero attached hydrogens (tertiary/aromatic N) is 9. The van der Waals surface area contributed by atoms with Crippen molar-refractivity contribution in [1.82, 2.24) is 43.1 Å². The number of Topliss-reactive ketones (excluding diaryl/α,β-unsaturated/α-hetero) is 3. The molecule has 0 N–H and O–H groups in total. The number of fused-ring (bicyclic) bond motifs is 3. The van der Waals surface area contributed by atoms with E-state index >= 15 is 0 Å². The van der Waals surface area contributed by atoms with E-state index in [4.69, 9.17) is 74.3 Å². The number of carbonyl (C=O) groups is 3. The normalized spacial score (nSPS) is 15.2. The van der Waals surface area contributed by atoms with E-state index in [1.807, 2.05) is 122 Å². The number of ether oxygens (including phenoxy) is 1. The summed E-state index contributed by atoms with van der Waals surface area (Å²) in [4.78, 5) is 52.4. The van der Waals surface area contributed by atoms with Crippen molar-refractivity contribution in [1.29, 1.82) is 0 Å². The minimum absolute atomic E-state index is 0.130. The lowest BCUT2D eigenvalue weighted by Gasteiger charge is -2.35. The lowest BCUT2D eigenvalue weighted by atomic mass is 10.0. The van der Waals surface area contributed by atoms with Crippen molar-refractivity contribution >= 4 is 120 Å². The Balaban J connectivity index is 0.000000154. The maximum absolute atomic E-state index is 13.3. The van der Waals surface area contributed by atoms with Gasteiger partial charge >= 0.3 is 0 Å². The van der Waals surface area contributed by atoms with Crippen molar-refractivity contribution < 1.29 is 19.1 Å². The first-order valence-corrected chi connectivity index (χ1v) is 37.8. The predicted molar refractivity (Wildman–Crippen MR) is 419 cm³/mol. The smallest absolute Gasteiger partial charge is 0.169 e. The first-order valence-electron chi connectivity index (χ1n) is 35.5. The number of aryl methyl sites for hydroxylation is 5. The third kappa shape index (κ3) is 19.9. The largest absolute Gasteiger partial charge is 0.495 e.